The predicted molar refractivity (Wildman–Crippen MR) is 147 cm³/mol. The second-order valence-electron chi connectivity index (χ2n) is 9.66. The normalized spacial score (nSPS) is 18.3. The lowest BCUT2D eigenvalue weighted by Crippen LogP contribution is -2.50. The number of aromatic nitrogens is 1. The third kappa shape index (κ3) is 5.47. The van der Waals surface area contributed by atoms with Gasteiger partial charge in [-0.2, -0.15) is 0 Å². The number of amides is 2. The number of carbonyl (C=O) groups excluding carboxylic acids is 2. The van der Waals surface area contributed by atoms with Crippen LogP contribution in [0.1, 0.15) is 34.0 Å². The average Bonchev–Trinajstić information content (AvgIpc) is 2.94. The molecule has 0 spiro atoms. The van der Waals surface area contributed by atoms with E-state index in [2.05, 4.69) is 21.2 Å². The fourth-order valence-corrected chi connectivity index (χ4v) is 5.72. The topological polar surface area (TPSA) is 89.9 Å². The number of benzene rings is 2. The highest BCUT2D eigenvalue weighted by Gasteiger charge is 2.37. The third-order valence-electron chi connectivity index (χ3n) is 7.15. The average molecular weight is 596 g/mol. The highest BCUT2D eigenvalue weighted by atomic mass is 79.9. The maximum atomic E-state index is 14.7. The molecule has 0 aliphatic carbocycles. The lowest BCUT2D eigenvalue weighted by atomic mass is 9.83. The maximum absolute atomic E-state index is 14.7. The number of hydrogen-bond acceptors (Lipinski definition) is 5. The molecule has 0 radical (unpaired) electrons. The zero-order valence-electron chi connectivity index (χ0n) is 21.4. The van der Waals surface area contributed by atoms with E-state index in [9.17, 15) is 18.8 Å². The van der Waals surface area contributed by atoms with Gasteiger partial charge in [0.2, 0.25) is 0 Å². The monoisotopic (exact) mass is 595 g/mol. The molecule has 1 N–H and O–H groups in total. The van der Waals surface area contributed by atoms with Gasteiger partial charge < -0.3 is 24.3 Å². The minimum Gasteiger partial charge on any atom is -0.493 e. The SMILES string of the molecule is COc1ccc(C(=O)N/C(=C/c2cc(Br)ccc2F)C(=O)N2CC3CC(C2)c2cccc(=O)n2C3)cc1OC. The molecular weight excluding hydrogens is 569 g/mol. The predicted octanol–water partition coefficient (Wildman–Crippen LogP) is 4.18. The molecule has 5 rings (SSSR count). The van der Waals surface area contributed by atoms with Crippen LogP contribution in [0.15, 0.2) is 69.6 Å². The number of methoxy groups -OCH3 is 2. The summed E-state index contributed by atoms with van der Waals surface area (Å²) in [6.07, 6.45) is 2.22. The van der Waals surface area contributed by atoms with E-state index >= 15 is 0 Å². The summed E-state index contributed by atoms with van der Waals surface area (Å²) in [7, 11) is 2.95. The second-order valence-corrected chi connectivity index (χ2v) is 10.6. The molecule has 2 amide bonds. The van der Waals surface area contributed by atoms with Gasteiger partial charge in [-0.15, -0.1) is 0 Å². The van der Waals surface area contributed by atoms with Gasteiger partial charge in [-0.1, -0.05) is 22.0 Å². The van der Waals surface area contributed by atoms with Crippen LogP contribution in [0.4, 0.5) is 4.39 Å². The van der Waals surface area contributed by atoms with Crippen LogP contribution >= 0.6 is 15.9 Å². The van der Waals surface area contributed by atoms with E-state index in [1.54, 1.807) is 45.9 Å². The van der Waals surface area contributed by atoms with Gasteiger partial charge in [-0.3, -0.25) is 14.4 Å². The van der Waals surface area contributed by atoms with Crippen LogP contribution in [0.3, 0.4) is 0 Å². The Labute approximate surface area is 233 Å². The fraction of sp³-hybridized carbons (Fsp3) is 0.276. The van der Waals surface area contributed by atoms with Gasteiger partial charge in [0, 0.05) is 52.9 Å². The summed E-state index contributed by atoms with van der Waals surface area (Å²) < 4.78 is 27.7. The first kappa shape index (κ1) is 26.7. The van der Waals surface area contributed by atoms with Gasteiger partial charge in [0.05, 0.1) is 14.2 Å². The summed E-state index contributed by atoms with van der Waals surface area (Å²) in [4.78, 5) is 41.3. The number of piperidine rings is 1. The van der Waals surface area contributed by atoms with Crippen molar-refractivity contribution in [3.63, 3.8) is 0 Å². The lowest BCUT2D eigenvalue weighted by Gasteiger charge is -2.43. The summed E-state index contributed by atoms with van der Waals surface area (Å²) in [5.41, 5.74) is 1.18. The molecule has 2 aliphatic heterocycles. The zero-order valence-corrected chi connectivity index (χ0v) is 23.0. The number of hydrogen-bond donors (Lipinski definition) is 1. The molecule has 3 heterocycles. The standard InChI is InChI=1S/C29H27BrFN3O5/c1-38-25-9-6-18(13-26(25)39-2)28(36)32-23(12-19-11-21(30)7-8-22(19)31)29(37)33-14-17-10-20(16-33)24-4-3-5-27(35)34(24)15-17/h3-9,11-13,17,20H,10,14-16H2,1-2H3,(H,32,36)/b23-12+. The molecule has 2 unspecified atom stereocenters. The lowest BCUT2D eigenvalue weighted by molar-refractivity contribution is -0.130. The second kappa shape index (κ2) is 11.1. The Morgan fingerprint density at radius 2 is 1.82 bits per heavy atom. The van der Waals surface area contributed by atoms with E-state index in [4.69, 9.17) is 9.47 Å². The molecule has 1 saturated heterocycles. The minimum atomic E-state index is -0.556. The maximum Gasteiger partial charge on any atom is 0.270 e. The first-order chi connectivity index (χ1) is 18.8. The van der Waals surface area contributed by atoms with E-state index in [1.165, 1.54) is 32.4 Å². The number of likely N-dealkylation sites (tertiary alicyclic amines) is 1. The molecule has 3 aromatic rings. The first-order valence-corrected chi connectivity index (χ1v) is 13.3. The Morgan fingerprint density at radius 3 is 2.59 bits per heavy atom. The Hall–Kier alpha value is -3.92. The molecule has 8 nitrogen and oxygen atoms in total. The molecule has 1 aromatic heterocycles. The first-order valence-electron chi connectivity index (χ1n) is 12.5. The zero-order chi connectivity index (χ0) is 27.7. The number of fused-ring (bicyclic) bond motifs is 4. The molecule has 2 atom stereocenters. The van der Waals surface area contributed by atoms with Gasteiger partial charge >= 0.3 is 0 Å². The van der Waals surface area contributed by atoms with E-state index in [0.717, 1.165) is 12.1 Å². The summed E-state index contributed by atoms with van der Waals surface area (Å²) >= 11 is 3.34. The highest BCUT2D eigenvalue weighted by molar-refractivity contribution is 9.10. The molecule has 10 heteroatoms. The van der Waals surface area contributed by atoms with Gasteiger partial charge in [0.15, 0.2) is 11.5 Å². The van der Waals surface area contributed by atoms with Crippen molar-refractivity contribution in [2.45, 2.75) is 18.9 Å². The molecule has 202 valence electrons. The Balaban J connectivity index is 1.47. The number of ether oxygens (including phenoxy) is 2. The van der Waals surface area contributed by atoms with Crippen molar-refractivity contribution in [3.05, 3.63) is 97.8 Å². The minimum absolute atomic E-state index is 0.0132. The number of nitrogens with zero attached hydrogens (tertiary/aromatic N) is 2. The summed E-state index contributed by atoms with van der Waals surface area (Å²) in [6.45, 7) is 1.32. The van der Waals surface area contributed by atoms with Gasteiger partial charge in [0.1, 0.15) is 11.5 Å². The molecule has 39 heavy (non-hydrogen) atoms. The molecule has 0 saturated carbocycles. The van der Waals surface area contributed by atoms with E-state index < -0.39 is 17.6 Å². The third-order valence-corrected chi connectivity index (χ3v) is 7.64. The van der Waals surface area contributed by atoms with Gasteiger partial charge in [-0.25, -0.2) is 4.39 Å². The quantitative estimate of drug-likeness (QED) is 0.432. The van der Waals surface area contributed by atoms with Crippen LogP contribution in [-0.4, -0.2) is 48.6 Å². The summed E-state index contributed by atoms with van der Waals surface area (Å²) in [5, 5.41) is 2.71. The Bertz CT molecular complexity index is 1540. The van der Waals surface area contributed by atoms with Crippen molar-refractivity contribution in [3.8, 4) is 11.5 Å². The van der Waals surface area contributed by atoms with Gasteiger partial charge in [-0.05, 0) is 60.9 Å². The van der Waals surface area contributed by atoms with Crippen LogP contribution in [0, 0.1) is 11.7 Å². The summed E-state index contributed by atoms with van der Waals surface area (Å²) in [6, 6.07) is 14.2. The van der Waals surface area contributed by atoms with Crippen LogP contribution in [0.25, 0.3) is 6.08 Å². The smallest absolute Gasteiger partial charge is 0.270 e. The van der Waals surface area contributed by atoms with E-state index in [0.29, 0.717) is 35.6 Å². The highest BCUT2D eigenvalue weighted by Crippen LogP contribution is 2.35. The number of halogens is 2. The largest absolute Gasteiger partial charge is 0.493 e. The van der Waals surface area contributed by atoms with Crippen molar-refractivity contribution in [2.75, 3.05) is 27.3 Å². The van der Waals surface area contributed by atoms with Crippen molar-refractivity contribution in [1.29, 1.82) is 0 Å². The number of nitrogens with one attached hydrogen (secondary N) is 1. The van der Waals surface area contributed by atoms with Crippen molar-refractivity contribution >= 4 is 33.8 Å². The molecular formula is C29H27BrFN3O5. The summed E-state index contributed by atoms with van der Waals surface area (Å²) in [5.74, 6) is -0.627. The number of rotatable bonds is 6. The van der Waals surface area contributed by atoms with Crippen molar-refractivity contribution < 1.29 is 23.5 Å². The molecule has 2 aromatic carbocycles. The molecule has 1 fully saturated rings. The van der Waals surface area contributed by atoms with Crippen LogP contribution in [0.2, 0.25) is 0 Å². The Kier molecular flexibility index (Phi) is 7.56. The molecule has 2 aliphatic rings. The number of pyridine rings is 1. The number of carbonyl (C=O) groups is 2. The van der Waals surface area contributed by atoms with Gasteiger partial charge in [0.25, 0.3) is 17.4 Å². The van der Waals surface area contributed by atoms with Crippen LogP contribution in [0.5, 0.6) is 11.5 Å². The molecule has 2 bridgehead atoms. The van der Waals surface area contributed by atoms with Crippen molar-refractivity contribution in [2.24, 2.45) is 5.92 Å². The van der Waals surface area contributed by atoms with Crippen molar-refractivity contribution in [1.82, 2.24) is 14.8 Å². The van der Waals surface area contributed by atoms with E-state index in [-0.39, 0.29) is 34.2 Å². The Morgan fingerprint density at radius 1 is 1.03 bits per heavy atom. The fourth-order valence-electron chi connectivity index (χ4n) is 5.34. The van der Waals surface area contributed by atoms with E-state index in [1.807, 2.05) is 6.07 Å². The van der Waals surface area contributed by atoms with Crippen LogP contribution in [-0.2, 0) is 11.3 Å². The van der Waals surface area contributed by atoms with Crippen LogP contribution < -0.4 is 20.3 Å².